The fourth-order valence-electron chi connectivity index (χ4n) is 2.62. The summed E-state index contributed by atoms with van der Waals surface area (Å²) >= 11 is 0. The molecule has 0 radical (unpaired) electrons. The van der Waals surface area contributed by atoms with Crippen LogP contribution in [-0.4, -0.2) is 6.61 Å². The Morgan fingerprint density at radius 3 is 1.95 bits per heavy atom. The highest BCUT2D eigenvalue weighted by atomic mass is 16.5. The monoisotopic (exact) mass is 290 g/mol. The first-order valence-electron chi connectivity index (χ1n) is 8.94. The quantitative estimate of drug-likeness (QED) is 0.404. The number of hydrogen-bond acceptors (Lipinski definition) is 1. The molecule has 0 saturated carbocycles. The van der Waals surface area contributed by atoms with Crippen LogP contribution in [0, 0.1) is 5.92 Å². The molecule has 0 atom stereocenters. The second-order valence-corrected chi connectivity index (χ2v) is 6.57. The molecule has 0 unspecified atom stereocenters. The minimum absolute atomic E-state index is 0.717. The van der Waals surface area contributed by atoms with Gasteiger partial charge in [0.25, 0.3) is 0 Å². The van der Waals surface area contributed by atoms with Gasteiger partial charge in [-0.1, -0.05) is 77.8 Å². The zero-order valence-electron chi connectivity index (χ0n) is 14.4. The molecule has 0 amide bonds. The van der Waals surface area contributed by atoms with Crippen molar-refractivity contribution >= 4 is 0 Å². The van der Waals surface area contributed by atoms with Crippen LogP contribution in [0.3, 0.4) is 0 Å². The molecule has 0 aromatic heterocycles. The van der Waals surface area contributed by atoms with Crippen molar-refractivity contribution in [3.05, 3.63) is 29.8 Å². The van der Waals surface area contributed by atoms with Crippen molar-refractivity contribution in [2.75, 3.05) is 6.61 Å². The SMILES string of the molecule is CCCCCCCCCCOc1ccc(CC(C)C)cc1. The lowest BCUT2D eigenvalue weighted by molar-refractivity contribution is 0.304. The van der Waals surface area contributed by atoms with E-state index in [4.69, 9.17) is 4.74 Å². The topological polar surface area (TPSA) is 9.23 Å². The van der Waals surface area contributed by atoms with Crippen LogP contribution in [0.1, 0.15) is 77.7 Å². The van der Waals surface area contributed by atoms with E-state index in [-0.39, 0.29) is 0 Å². The first-order chi connectivity index (χ1) is 10.2. The van der Waals surface area contributed by atoms with E-state index in [1.165, 1.54) is 56.9 Å². The minimum atomic E-state index is 0.717. The van der Waals surface area contributed by atoms with E-state index in [1.54, 1.807) is 0 Å². The lowest BCUT2D eigenvalue weighted by Crippen LogP contribution is -1.98. The van der Waals surface area contributed by atoms with Crippen molar-refractivity contribution in [2.45, 2.75) is 78.6 Å². The standard InChI is InChI=1S/C20H34O/c1-4-5-6-7-8-9-10-11-16-21-20-14-12-19(13-15-20)17-18(2)3/h12-15,18H,4-11,16-17H2,1-3H3. The normalized spacial score (nSPS) is 11.0. The highest BCUT2D eigenvalue weighted by Gasteiger charge is 1.99. The van der Waals surface area contributed by atoms with Gasteiger partial charge >= 0.3 is 0 Å². The van der Waals surface area contributed by atoms with Crippen molar-refractivity contribution < 1.29 is 4.74 Å². The van der Waals surface area contributed by atoms with Gasteiger partial charge < -0.3 is 4.74 Å². The van der Waals surface area contributed by atoms with E-state index in [0.717, 1.165) is 18.8 Å². The molecule has 1 aromatic carbocycles. The number of rotatable bonds is 12. The third-order valence-corrected chi connectivity index (χ3v) is 3.83. The Morgan fingerprint density at radius 1 is 0.810 bits per heavy atom. The fourth-order valence-corrected chi connectivity index (χ4v) is 2.62. The maximum Gasteiger partial charge on any atom is 0.119 e. The lowest BCUT2D eigenvalue weighted by Gasteiger charge is -2.08. The zero-order chi connectivity index (χ0) is 15.3. The van der Waals surface area contributed by atoms with Crippen LogP contribution >= 0.6 is 0 Å². The summed E-state index contributed by atoms with van der Waals surface area (Å²) in [4.78, 5) is 0. The largest absolute Gasteiger partial charge is 0.494 e. The minimum Gasteiger partial charge on any atom is -0.494 e. The van der Waals surface area contributed by atoms with Gasteiger partial charge in [0.2, 0.25) is 0 Å². The first-order valence-corrected chi connectivity index (χ1v) is 8.94. The Morgan fingerprint density at radius 2 is 1.38 bits per heavy atom. The van der Waals surface area contributed by atoms with E-state index in [9.17, 15) is 0 Å². The van der Waals surface area contributed by atoms with E-state index in [2.05, 4.69) is 45.0 Å². The molecule has 0 bridgehead atoms. The molecular weight excluding hydrogens is 256 g/mol. The maximum atomic E-state index is 5.81. The molecule has 0 spiro atoms. The number of unbranched alkanes of at least 4 members (excludes halogenated alkanes) is 7. The van der Waals surface area contributed by atoms with Gasteiger partial charge in [-0.15, -0.1) is 0 Å². The van der Waals surface area contributed by atoms with E-state index >= 15 is 0 Å². The van der Waals surface area contributed by atoms with E-state index < -0.39 is 0 Å². The number of ether oxygens (including phenoxy) is 1. The molecular formula is C20H34O. The molecule has 0 fully saturated rings. The Hall–Kier alpha value is -0.980. The molecule has 0 heterocycles. The first kappa shape index (κ1) is 18.1. The molecule has 0 aliphatic rings. The lowest BCUT2D eigenvalue weighted by atomic mass is 10.0. The molecule has 21 heavy (non-hydrogen) atoms. The average molecular weight is 290 g/mol. The highest BCUT2D eigenvalue weighted by molar-refractivity contribution is 5.27. The summed E-state index contributed by atoms with van der Waals surface area (Å²) in [6.07, 6.45) is 11.9. The molecule has 1 nitrogen and oxygen atoms in total. The summed E-state index contributed by atoms with van der Waals surface area (Å²) in [6, 6.07) is 8.62. The predicted octanol–water partition coefficient (Wildman–Crippen LogP) is 6.40. The zero-order valence-corrected chi connectivity index (χ0v) is 14.4. The molecule has 0 aliphatic heterocycles. The van der Waals surface area contributed by atoms with Crippen LogP contribution in [0.15, 0.2) is 24.3 Å². The Labute approximate surface area is 132 Å². The predicted molar refractivity (Wildman–Crippen MR) is 93.1 cm³/mol. The fraction of sp³-hybridized carbons (Fsp3) is 0.700. The Kier molecular flexibility index (Phi) is 10.0. The third kappa shape index (κ3) is 9.55. The van der Waals surface area contributed by atoms with Crippen LogP contribution in [0.5, 0.6) is 5.75 Å². The summed E-state index contributed by atoms with van der Waals surface area (Å²) < 4.78 is 5.81. The van der Waals surface area contributed by atoms with E-state index in [1.807, 2.05) is 0 Å². The molecule has 0 N–H and O–H groups in total. The van der Waals surface area contributed by atoms with Crippen molar-refractivity contribution in [1.82, 2.24) is 0 Å². The van der Waals surface area contributed by atoms with Crippen LogP contribution < -0.4 is 4.74 Å². The van der Waals surface area contributed by atoms with Gasteiger partial charge in [-0.05, 0) is 36.5 Å². The van der Waals surface area contributed by atoms with Gasteiger partial charge in [0.15, 0.2) is 0 Å². The summed E-state index contributed by atoms with van der Waals surface area (Å²) in [5.41, 5.74) is 1.41. The van der Waals surface area contributed by atoms with Crippen LogP contribution in [-0.2, 0) is 6.42 Å². The number of benzene rings is 1. The molecule has 120 valence electrons. The highest BCUT2D eigenvalue weighted by Crippen LogP contribution is 2.15. The molecule has 0 aliphatic carbocycles. The maximum absolute atomic E-state index is 5.81. The molecule has 0 saturated heterocycles. The number of hydrogen-bond donors (Lipinski definition) is 0. The molecule has 1 heteroatoms. The average Bonchev–Trinajstić information content (AvgIpc) is 2.47. The van der Waals surface area contributed by atoms with Crippen LogP contribution in [0.4, 0.5) is 0 Å². The van der Waals surface area contributed by atoms with Crippen LogP contribution in [0.2, 0.25) is 0 Å². The smallest absolute Gasteiger partial charge is 0.119 e. The van der Waals surface area contributed by atoms with Gasteiger partial charge in [-0.25, -0.2) is 0 Å². The van der Waals surface area contributed by atoms with Gasteiger partial charge in [-0.2, -0.15) is 0 Å². The second-order valence-electron chi connectivity index (χ2n) is 6.57. The summed E-state index contributed by atoms with van der Waals surface area (Å²) in [7, 11) is 0. The summed E-state index contributed by atoms with van der Waals surface area (Å²) in [5, 5.41) is 0. The summed E-state index contributed by atoms with van der Waals surface area (Å²) in [6.45, 7) is 7.64. The second kappa shape index (κ2) is 11.7. The van der Waals surface area contributed by atoms with Crippen molar-refractivity contribution in [3.8, 4) is 5.75 Å². The van der Waals surface area contributed by atoms with Gasteiger partial charge in [-0.3, -0.25) is 0 Å². The van der Waals surface area contributed by atoms with Crippen molar-refractivity contribution in [2.24, 2.45) is 5.92 Å². The van der Waals surface area contributed by atoms with E-state index in [0.29, 0.717) is 5.92 Å². The summed E-state index contributed by atoms with van der Waals surface area (Å²) in [5.74, 6) is 1.74. The van der Waals surface area contributed by atoms with Crippen molar-refractivity contribution in [1.29, 1.82) is 0 Å². The Balaban J connectivity index is 2.02. The Bertz CT molecular complexity index is 339. The van der Waals surface area contributed by atoms with Gasteiger partial charge in [0.1, 0.15) is 5.75 Å². The van der Waals surface area contributed by atoms with Gasteiger partial charge in [0.05, 0.1) is 6.61 Å². The van der Waals surface area contributed by atoms with Crippen LogP contribution in [0.25, 0.3) is 0 Å². The third-order valence-electron chi connectivity index (χ3n) is 3.83. The van der Waals surface area contributed by atoms with Gasteiger partial charge in [0, 0.05) is 0 Å². The van der Waals surface area contributed by atoms with Crippen molar-refractivity contribution in [3.63, 3.8) is 0 Å². The molecule has 1 aromatic rings. The molecule has 1 rings (SSSR count).